The van der Waals surface area contributed by atoms with Crippen molar-refractivity contribution in [1.29, 1.82) is 0 Å². The number of allylic oxidation sites excluding steroid dienone is 1. The van der Waals surface area contributed by atoms with Gasteiger partial charge in [-0.2, -0.15) is 19.6 Å². The fourth-order valence-corrected chi connectivity index (χ4v) is 7.18. The number of carbonyl (C=O) groups excluding carboxylic acids is 1. The molecule has 0 unspecified atom stereocenters. The Balaban J connectivity index is 0.929. The second-order valence-electron chi connectivity index (χ2n) is 11.2. The van der Waals surface area contributed by atoms with Crippen LogP contribution in [-0.2, 0) is 35.5 Å². The van der Waals surface area contributed by atoms with Crippen molar-refractivity contribution in [3.63, 3.8) is 0 Å². The summed E-state index contributed by atoms with van der Waals surface area (Å²) in [6, 6.07) is 10.3. The maximum atomic E-state index is 12.5. The molecule has 184 valence electrons. The fraction of sp³-hybridized carbons (Fsp3) is 0.679. The van der Waals surface area contributed by atoms with Crippen LogP contribution in [0.15, 0.2) is 42.5 Å². The van der Waals surface area contributed by atoms with Crippen molar-refractivity contribution in [2.45, 2.75) is 82.2 Å². The molecular weight excluding hydrogens is 432 g/mol. The number of carbonyl (C=O) groups is 1. The van der Waals surface area contributed by atoms with Crippen LogP contribution in [0.4, 0.5) is 0 Å². The number of ether oxygens (including phenoxy) is 1. The topological polar surface area (TPSA) is 63.2 Å². The van der Waals surface area contributed by atoms with Crippen molar-refractivity contribution in [2.75, 3.05) is 6.61 Å². The van der Waals surface area contributed by atoms with E-state index in [4.69, 9.17) is 24.3 Å². The minimum atomic E-state index is -0.892. The van der Waals surface area contributed by atoms with Gasteiger partial charge in [-0.1, -0.05) is 42.5 Å². The average Bonchev–Trinajstić information content (AvgIpc) is 2.86. The lowest BCUT2D eigenvalue weighted by Crippen LogP contribution is -2.64. The predicted octanol–water partition coefficient (Wildman–Crippen LogP) is 5.67. The Morgan fingerprint density at radius 3 is 2.18 bits per heavy atom. The van der Waals surface area contributed by atoms with E-state index in [2.05, 4.69) is 24.3 Å². The summed E-state index contributed by atoms with van der Waals surface area (Å²) in [5.74, 6) is 0.515. The molecule has 2 spiro atoms. The van der Waals surface area contributed by atoms with Gasteiger partial charge in [0.05, 0.1) is 12.5 Å². The van der Waals surface area contributed by atoms with Crippen LogP contribution in [0, 0.1) is 29.6 Å². The number of benzene rings is 1. The molecule has 4 bridgehead atoms. The molecule has 0 atom stereocenters. The molecule has 0 radical (unpaired) electrons. The van der Waals surface area contributed by atoms with E-state index in [1.165, 1.54) is 12.0 Å². The second-order valence-corrected chi connectivity index (χ2v) is 11.2. The van der Waals surface area contributed by atoms with Crippen molar-refractivity contribution in [3.05, 3.63) is 48.0 Å². The van der Waals surface area contributed by atoms with Crippen LogP contribution in [-0.4, -0.2) is 24.2 Å². The number of hydrogen-bond donors (Lipinski definition) is 0. The van der Waals surface area contributed by atoms with Crippen molar-refractivity contribution in [3.8, 4) is 0 Å². The molecule has 5 aliphatic carbocycles. The summed E-state index contributed by atoms with van der Waals surface area (Å²) in [5.41, 5.74) is 1.28. The molecule has 6 heteroatoms. The Morgan fingerprint density at radius 2 is 1.53 bits per heavy atom. The second kappa shape index (κ2) is 9.38. The quantitative estimate of drug-likeness (QED) is 0.232. The van der Waals surface area contributed by atoms with Gasteiger partial charge in [0, 0.05) is 24.7 Å². The molecule has 1 aromatic carbocycles. The van der Waals surface area contributed by atoms with Crippen LogP contribution in [0.25, 0.3) is 0 Å². The Labute approximate surface area is 201 Å². The highest BCUT2D eigenvalue weighted by Crippen LogP contribution is 2.61. The van der Waals surface area contributed by atoms with E-state index in [-0.39, 0.29) is 11.9 Å². The molecule has 1 aliphatic heterocycles. The number of hydrogen-bond acceptors (Lipinski definition) is 6. The monoisotopic (exact) mass is 468 g/mol. The van der Waals surface area contributed by atoms with Gasteiger partial charge in [0.2, 0.25) is 11.6 Å². The third-order valence-electron chi connectivity index (χ3n) is 8.90. The summed E-state index contributed by atoms with van der Waals surface area (Å²) in [4.78, 5) is 36.7. The summed E-state index contributed by atoms with van der Waals surface area (Å²) in [5, 5.41) is 0. The normalized spacial score (nSPS) is 40.9. The molecule has 34 heavy (non-hydrogen) atoms. The largest absolute Gasteiger partial charge is 0.465 e. The Bertz CT molecular complexity index is 847. The summed E-state index contributed by atoms with van der Waals surface area (Å²) in [7, 11) is 0. The lowest BCUT2D eigenvalue weighted by molar-refractivity contribution is -0.680. The van der Waals surface area contributed by atoms with Gasteiger partial charge in [-0.15, -0.1) is 0 Å². The third-order valence-corrected chi connectivity index (χ3v) is 8.90. The molecule has 0 aromatic heterocycles. The first-order valence-corrected chi connectivity index (χ1v) is 13.2. The minimum absolute atomic E-state index is 0.122. The molecule has 6 fully saturated rings. The Hall–Kier alpha value is -1.73. The molecule has 6 nitrogen and oxygen atoms in total. The lowest BCUT2D eigenvalue weighted by Gasteiger charge is -2.60. The highest BCUT2D eigenvalue weighted by Gasteiger charge is 2.64. The zero-order chi connectivity index (χ0) is 23.0. The maximum absolute atomic E-state index is 12.5. The molecule has 7 rings (SSSR count). The maximum Gasteiger partial charge on any atom is 0.308 e. The average molecular weight is 469 g/mol. The first-order valence-electron chi connectivity index (χ1n) is 13.2. The zero-order valence-electron chi connectivity index (χ0n) is 19.9. The highest BCUT2D eigenvalue weighted by atomic mass is 17.4. The SMILES string of the molecule is O=C(OCC/C=C/Cc1ccccc1)C1CCC2(CC1)OOC1(OO2)C2CC3CC(C2)CC1C3. The van der Waals surface area contributed by atoms with E-state index in [0.29, 0.717) is 44.1 Å². The highest BCUT2D eigenvalue weighted by molar-refractivity contribution is 5.72. The summed E-state index contributed by atoms with van der Waals surface area (Å²) >= 11 is 0. The van der Waals surface area contributed by atoms with Gasteiger partial charge in [0.15, 0.2) is 0 Å². The standard InChI is InChI=1S/C28H36O6/c29-26(30-14-6-2-5-9-20-7-3-1-4-8-20)23-10-12-27(13-11-23)31-33-28(34-32-27)24-16-21-15-22(18-24)19-25(28)17-21/h1-5,7-8,21-25H,6,9-19H2/b5-2+. The van der Waals surface area contributed by atoms with Crippen LogP contribution >= 0.6 is 0 Å². The van der Waals surface area contributed by atoms with Gasteiger partial charge in [0.1, 0.15) is 0 Å². The van der Waals surface area contributed by atoms with Gasteiger partial charge in [0.25, 0.3) is 0 Å². The van der Waals surface area contributed by atoms with Crippen molar-refractivity contribution < 1.29 is 29.1 Å². The molecular formula is C28H36O6. The molecule has 0 amide bonds. The van der Waals surface area contributed by atoms with E-state index in [1.807, 2.05) is 18.2 Å². The van der Waals surface area contributed by atoms with E-state index in [9.17, 15) is 4.79 Å². The first-order chi connectivity index (χ1) is 16.6. The summed E-state index contributed by atoms with van der Waals surface area (Å²) < 4.78 is 5.53. The van der Waals surface area contributed by atoms with Gasteiger partial charge in [-0.25, -0.2) is 0 Å². The molecule has 1 saturated heterocycles. The number of esters is 1. The smallest absolute Gasteiger partial charge is 0.308 e. The molecule has 5 saturated carbocycles. The predicted molar refractivity (Wildman–Crippen MR) is 124 cm³/mol. The van der Waals surface area contributed by atoms with Crippen LogP contribution in [0.1, 0.15) is 69.8 Å². The first kappa shape index (κ1) is 22.7. The molecule has 1 heterocycles. The summed E-state index contributed by atoms with van der Waals surface area (Å²) in [6.45, 7) is 0.415. The van der Waals surface area contributed by atoms with E-state index in [0.717, 1.165) is 50.4 Å². The van der Waals surface area contributed by atoms with Gasteiger partial charge in [-0.05, 0) is 75.2 Å². The van der Waals surface area contributed by atoms with E-state index < -0.39 is 11.6 Å². The third kappa shape index (κ3) is 4.34. The molecule has 6 aliphatic rings. The van der Waals surface area contributed by atoms with Crippen molar-refractivity contribution in [2.24, 2.45) is 29.6 Å². The fourth-order valence-electron chi connectivity index (χ4n) is 7.18. The van der Waals surface area contributed by atoms with Crippen LogP contribution < -0.4 is 0 Å². The van der Waals surface area contributed by atoms with Gasteiger partial charge >= 0.3 is 5.97 Å². The van der Waals surface area contributed by atoms with Crippen LogP contribution in [0.5, 0.6) is 0 Å². The molecule has 1 aromatic rings. The minimum Gasteiger partial charge on any atom is -0.465 e. The van der Waals surface area contributed by atoms with Crippen LogP contribution in [0.2, 0.25) is 0 Å². The van der Waals surface area contributed by atoms with Crippen molar-refractivity contribution >= 4 is 5.97 Å². The van der Waals surface area contributed by atoms with Gasteiger partial charge < -0.3 is 4.74 Å². The molecule has 0 N–H and O–H groups in total. The van der Waals surface area contributed by atoms with E-state index >= 15 is 0 Å². The van der Waals surface area contributed by atoms with Crippen LogP contribution in [0.3, 0.4) is 0 Å². The zero-order valence-corrected chi connectivity index (χ0v) is 19.9. The van der Waals surface area contributed by atoms with Gasteiger partial charge in [-0.3, -0.25) is 4.79 Å². The lowest BCUT2D eigenvalue weighted by atomic mass is 9.53. The summed E-state index contributed by atoms with van der Waals surface area (Å²) in [6.07, 6.45) is 14.3. The number of rotatable bonds is 6. The van der Waals surface area contributed by atoms with Crippen molar-refractivity contribution in [1.82, 2.24) is 0 Å². The van der Waals surface area contributed by atoms with E-state index in [1.54, 1.807) is 0 Å². The Morgan fingerprint density at radius 1 is 0.882 bits per heavy atom. The Kier molecular flexibility index (Phi) is 6.27.